The van der Waals surface area contributed by atoms with Crippen molar-refractivity contribution in [3.63, 3.8) is 0 Å². The normalized spacial score (nSPS) is 14.7. The van der Waals surface area contributed by atoms with Crippen molar-refractivity contribution in [2.45, 2.75) is 26.1 Å². The smallest absolute Gasteiger partial charge is 0.123 e. The summed E-state index contributed by atoms with van der Waals surface area (Å²) < 4.78 is 20.8. The predicted octanol–water partition coefficient (Wildman–Crippen LogP) is 4.10. The molecule has 5 heteroatoms. The summed E-state index contributed by atoms with van der Waals surface area (Å²) in [5, 5.41) is 4.78. The molecular weight excluding hydrogens is 329 g/mol. The van der Waals surface area contributed by atoms with Crippen LogP contribution in [0.25, 0.3) is 11.3 Å². The van der Waals surface area contributed by atoms with Crippen LogP contribution in [0.3, 0.4) is 0 Å². The molecule has 0 N–H and O–H groups in total. The summed E-state index contributed by atoms with van der Waals surface area (Å²) >= 11 is 0. The second-order valence-corrected chi connectivity index (χ2v) is 6.67. The quantitative estimate of drug-likeness (QED) is 0.709. The van der Waals surface area contributed by atoms with Crippen LogP contribution in [0.1, 0.15) is 17.7 Å². The number of halogens is 1. The third-order valence-electron chi connectivity index (χ3n) is 4.77. The van der Waals surface area contributed by atoms with E-state index in [4.69, 9.17) is 9.84 Å². The Hall–Kier alpha value is -2.66. The minimum absolute atomic E-state index is 0.177. The van der Waals surface area contributed by atoms with Crippen molar-refractivity contribution in [1.82, 2.24) is 14.7 Å². The van der Waals surface area contributed by atoms with Crippen LogP contribution in [0.15, 0.2) is 54.6 Å². The lowest BCUT2D eigenvalue weighted by molar-refractivity contribution is 0.261. The molecule has 26 heavy (non-hydrogen) atoms. The molecule has 0 atom stereocenters. The van der Waals surface area contributed by atoms with Gasteiger partial charge in [-0.25, -0.2) is 4.39 Å². The number of hydrogen-bond donors (Lipinski definition) is 0. The average Bonchev–Trinajstić information content (AvgIpc) is 2.95. The SMILES string of the molecule is COc1ccc(-c2cc3n(n2)CCCN(Cc2cccc(F)c2)C3)cc1. The van der Waals surface area contributed by atoms with Crippen molar-refractivity contribution in [2.75, 3.05) is 13.7 Å². The van der Waals surface area contributed by atoms with E-state index >= 15 is 0 Å². The molecular formula is C21H22FN3O. The van der Waals surface area contributed by atoms with E-state index in [1.807, 2.05) is 30.3 Å². The number of benzene rings is 2. The largest absolute Gasteiger partial charge is 0.497 e. The molecule has 0 aliphatic carbocycles. The van der Waals surface area contributed by atoms with Crippen molar-refractivity contribution < 1.29 is 9.13 Å². The van der Waals surface area contributed by atoms with Crippen LogP contribution in [0.4, 0.5) is 4.39 Å². The fourth-order valence-corrected chi connectivity index (χ4v) is 3.46. The first-order chi connectivity index (χ1) is 12.7. The minimum Gasteiger partial charge on any atom is -0.497 e. The highest BCUT2D eigenvalue weighted by Crippen LogP contribution is 2.24. The average molecular weight is 351 g/mol. The summed E-state index contributed by atoms with van der Waals surface area (Å²) in [5.41, 5.74) is 4.27. The number of hydrogen-bond acceptors (Lipinski definition) is 3. The molecule has 0 radical (unpaired) electrons. The van der Waals surface area contributed by atoms with Crippen LogP contribution in [0.5, 0.6) is 5.75 Å². The summed E-state index contributed by atoms with van der Waals surface area (Å²) in [4.78, 5) is 2.35. The summed E-state index contributed by atoms with van der Waals surface area (Å²) in [7, 11) is 1.67. The molecule has 2 heterocycles. The van der Waals surface area contributed by atoms with E-state index in [9.17, 15) is 4.39 Å². The van der Waals surface area contributed by atoms with Gasteiger partial charge in [0, 0.05) is 31.7 Å². The Morgan fingerprint density at radius 2 is 1.92 bits per heavy atom. The molecule has 3 aromatic rings. The third kappa shape index (κ3) is 3.63. The molecule has 0 fully saturated rings. The molecule has 0 saturated heterocycles. The Labute approximate surface area is 152 Å². The molecule has 0 amide bonds. The van der Waals surface area contributed by atoms with Gasteiger partial charge in [-0.05, 0) is 54.4 Å². The maximum Gasteiger partial charge on any atom is 0.123 e. The van der Waals surface area contributed by atoms with Crippen LogP contribution in [0, 0.1) is 5.82 Å². The van der Waals surface area contributed by atoms with Gasteiger partial charge in [0.25, 0.3) is 0 Å². The topological polar surface area (TPSA) is 30.3 Å². The highest BCUT2D eigenvalue weighted by Gasteiger charge is 2.17. The number of nitrogens with zero attached hydrogens (tertiary/aromatic N) is 3. The zero-order valence-electron chi connectivity index (χ0n) is 14.9. The minimum atomic E-state index is -0.177. The first kappa shape index (κ1) is 16.8. The van der Waals surface area contributed by atoms with Crippen LogP contribution in [-0.2, 0) is 19.6 Å². The lowest BCUT2D eigenvalue weighted by atomic mass is 10.1. The number of methoxy groups -OCH3 is 1. The van der Waals surface area contributed by atoms with Crippen LogP contribution >= 0.6 is 0 Å². The predicted molar refractivity (Wildman–Crippen MR) is 99.3 cm³/mol. The van der Waals surface area contributed by atoms with Gasteiger partial charge in [0.15, 0.2) is 0 Å². The fourth-order valence-electron chi connectivity index (χ4n) is 3.46. The van der Waals surface area contributed by atoms with Crippen molar-refractivity contribution in [2.24, 2.45) is 0 Å². The Bertz CT molecular complexity index is 889. The molecule has 4 nitrogen and oxygen atoms in total. The van der Waals surface area contributed by atoms with E-state index in [1.165, 1.54) is 11.8 Å². The Balaban J connectivity index is 1.53. The van der Waals surface area contributed by atoms with Gasteiger partial charge in [-0.3, -0.25) is 9.58 Å². The van der Waals surface area contributed by atoms with E-state index in [-0.39, 0.29) is 5.82 Å². The zero-order chi connectivity index (χ0) is 17.9. The molecule has 1 aliphatic rings. The fraction of sp³-hybridized carbons (Fsp3) is 0.286. The van der Waals surface area contributed by atoms with Crippen molar-refractivity contribution >= 4 is 0 Å². The number of fused-ring (bicyclic) bond motifs is 1. The van der Waals surface area contributed by atoms with Crippen molar-refractivity contribution in [3.8, 4) is 17.0 Å². The maximum absolute atomic E-state index is 13.4. The highest BCUT2D eigenvalue weighted by molar-refractivity contribution is 5.60. The van der Waals surface area contributed by atoms with Gasteiger partial charge < -0.3 is 4.74 Å². The van der Waals surface area contributed by atoms with Crippen molar-refractivity contribution in [3.05, 3.63) is 71.7 Å². The van der Waals surface area contributed by atoms with Gasteiger partial charge in [-0.1, -0.05) is 12.1 Å². The zero-order valence-corrected chi connectivity index (χ0v) is 14.9. The van der Waals surface area contributed by atoms with Crippen LogP contribution in [0.2, 0.25) is 0 Å². The van der Waals surface area contributed by atoms with Gasteiger partial charge in [0.2, 0.25) is 0 Å². The van der Waals surface area contributed by atoms with E-state index in [2.05, 4.69) is 15.6 Å². The monoisotopic (exact) mass is 351 g/mol. The Morgan fingerprint density at radius 1 is 1.08 bits per heavy atom. The molecule has 2 aromatic carbocycles. The lowest BCUT2D eigenvalue weighted by Gasteiger charge is -2.19. The molecule has 0 saturated carbocycles. The summed E-state index contributed by atoms with van der Waals surface area (Å²) in [6, 6.07) is 17.0. The van der Waals surface area contributed by atoms with Gasteiger partial charge in [0.1, 0.15) is 11.6 Å². The molecule has 134 valence electrons. The van der Waals surface area contributed by atoms with Gasteiger partial charge in [0.05, 0.1) is 18.5 Å². The van der Waals surface area contributed by atoms with Crippen LogP contribution in [-0.4, -0.2) is 28.3 Å². The van der Waals surface area contributed by atoms with Crippen LogP contribution < -0.4 is 4.74 Å². The molecule has 4 rings (SSSR count). The van der Waals surface area contributed by atoms with Crippen molar-refractivity contribution in [1.29, 1.82) is 0 Å². The van der Waals surface area contributed by atoms with E-state index in [0.717, 1.165) is 55.2 Å². The Morgan fingerprint density at radius 3 is 2.69 bits per heavy atom. The number of aromatic nitrogens is 2. The molecule has 1 aromatic heterocycles. The highest BCUT2D eigenvalue weighted by atomic mass is 19.1. The number of aryl methyl sites for hydroxylation is 1. The second-order valence-electron chi connectivity index (χ2n) is 6.67. The molecule has 1 aliphatic heterocycles. The van der Waals surface area contributed by atoms with E-state index < -0.39 is 0 Å². The van der Waals surface area contributed by atoms with Gasteiger partial charge >= 0.3 is 0 Å². The van der Waals surface area contributed by atoms with E-state index in [1.54, 1.807) is 19.2 Å². The Kier molecular flexibility index (Phi) is 4.71. The first-order valence-electron chi connectivity index (χ1n) is 8.89. The summed E-state index contributed by atoms with van der Waals surface area (Å²) in [6.07, 6.45) is 1.03. The molecule has 0 unspecified atom stereocenters. The van der Waals surface area contributed by atoms with Gasteiger partial charge in [-0.2, -0.15) is 5.10 Å². The van der Waals surface area contributed by atoms with E-state index in [0.29, 0.717) is 0 Å². The third-order valence-corrected chi connectivity index (χ3v) is 4.77. The number of ether oxygens (including phenoxy) is 1. The standard InChI is InChI=1S/C21H22FN3O/c1-26-20-8-6-17(7-9-20)21-13-19-15-24(10-3-11-25(19)23-21)14-16-4-2-5-18(22)12-16/h2,4-9,12-13H,3,10-11,14-15H2,1H3. The lowest BCUT2D eigenvalue weighted by Crippen LogP contribution is -2.22. The number of rotatable bonds is 4. The second kappa shape index (κ2) is 7.30. The molecule has 0 bridgehead atoms. The first-order valence-corrected chi connectivity index (χ1v) is 8.89. The summed E-state index contributed by atoms with van der Waals surface area (Å²) in [6.45, 7) is 3.46. The molecule has 0 spiro atoms. The van der Waals surface area contributed by atoms with Gasteiger partial charge in [-0.15, -0.1) is 0 Å². The maximum atomic E-state index is 13.4. The summed E-state index contributed by atoms with van der Waals surface area (Å²) in [5.74, 6) is 0.667.